The van der Waals surface area contributed by atoms with E-state index in [0.717, 1.165) is 43.0 Å². The largest absolute Gasteiger partial charge is 0.481 e. The lowest BCUT2D eigenvalue weighted by Crippen LogP contribution is -2.50. The Labute approximate surface area is 171 Å². The van der Waals surface area contributed by atoms with Crippen molar-refractivity contribution >= 4 is 11.5 Å². The summed E-state index contributed by atoms with van der Waals surface area (Å²) >= 11 is 0. The van der Waals surface area contributed by atoms with E-state index in [1.165, 1.54) is 5.01 Å². The molecule has 2 heterocycles. The number of rotatable bonds is 7. The van der Waals surface area contributed by atoms with E-state index in [9.17, 15) is 0 Å². The zero-order chi connectivity index (χ0) is 20.6. The van der Waals surface area contributed by atoms with Gasteiger partial charge in [-0.05, 0) is 32.2 Å². The van der Waals surface area contributed by atoms with Crippen LogP contribution in [0.25, 0.3) is 0 Å². The fourth-order valence-electron chi connectivity index (χ4n) is 2.88. The van der Waals surface area contributed by atoms with E-state index in [0.29, 0.717) is 11.7 Å². The molecular weight excluding hydrogens is 370 g/mol. The number of amidine groups is 1. The first-order chi connectivity index (χ1) is 14.1. The lowest BCUT2D eigenvalue weighted by molar-refractivity contribution is -0.0944. The van der Waals surface area contributed by atoms with E-state index in [-0.39, 0.29) is 6.73 Å². The molecule has 0 radical (unpaired) electrons. The fraction of sp³-hybridized carbons (Fsp3) is 0.400. The van der Waals surface area contributed by atoms with Gasteiger partial charge < -0.3 is 9.64 Å². The number of pyridine rings is 1. The number of hydrogen-bond acceptors (Lipinski definition) is 8. The highest BCUT2D eigenvalue weighted by molar-refractivity contribution is 6.09. The van der Waals surface area contributed by atoms with Gasteiger partial charge in [0.05, 0.1) is 12.8 Å². The van der Waals surface area contributed by atoms with Crippen LogP contribution >= 0.6 is 0 Å². The van der Waals surface area contributed by atoms with Crippen LogP contribution in [0.5, 0.6) is 5.88 Å². The normalized spacial score (nSPS) is 16.1. The number of likely N-dealkylation sites (N-methyl/N-ethyl adjacent to an activating group) is 1. The summed E-state index contributed by atoms with van der Waals surface area (Å²) in [4.78, 5) is 16.7. The fourth-order valence-corrected chi connectivity index (χ4v) is 2.88. The van der Waals surface area contributed by atoms with Crippen LogP contribution in [0.4, 0.5) is 5.69 Å². The highest BCUT2D eigenvalue weighted by Crippen LogP contribution is 2.16. The van der Waals surface area contributed by atoms with Gasteiger partial charge in [-0.1, -0.05) is 17.7 Å². The van der Waals surface area contributed by atoms with Gasteiger partial charge in [0.2, 0.25) is 5.88 Å². The number of aromatic nitrogens is 1. The summed E-state index contributed by atoms with van der Waals surface area (Å²) in [6.07, 6.45) is 1.68. The monoisotopic (exact) mass is 399 g/mol. The number of nitrogens with two attached hydrogens (primary N) is 1. The van der Waals surface area contributed by atoms with Crippen LogP contribution in [-0.4, -0.2) is 67.8 Å². The second-order valence-corrected chi connectivity index (χ2v) is 6.93. The molecule has 1 aliphatic heterocycles. The van der Waals surface area contributed by atoms with Crippen LogP contribution in [0.1, 0.15) is 11.1 Å². The number of aryl methyl sites for hydroxylation is 1. The maximum absolute atomic E-state index is 6.38. The van der Waals surface area contributed by atoms with Crippen molar-refractivity contribution in [2.24, 2.45) is 10.8 Å². The van der Waals surface area contributed by atoms with E-state index in [1.807, 2.05) is 42.3 Å². The molecule has 3 N–H and O–H groups in total. The van der Waals surface area contributed by atoms with Crippen LogP contribution in [0.15, 0.2) is 47.6 Å². The molecule has 1 saturated heterocycles. The highest BCUT2D eigenvalue weighted by atomic mass is 16.7. The summed E-state index contributed by atoms with van der Waals surface area (Å²) in [5.41, 5.74) is 5.69. The molecule has 1 aliphatic rings. The molecule has 3 rings (SSSR count). The Kier molecular flexibility index (Phi) is 7.50. The van der Waals surface area contributed by atoms with Crippen molar-refractivity contribution in [2.75, 3.05) is 52.1 Å². The zero-order valence-corrected chi connectivity index (χ0v) is 17.2. The molecule has 2 aromatic rings. The molecule has 0 unspecified atom stereocenters. The standard InChI is InChI=1S/C20H29N7O2/c1-16-4-7-18(8-5-16)27(21)20(17-6-9-19(28-3)22-14-17)23-15-29-24-26-12-10-25(2)11-13-26/h4-9,14,24H,10-13,15,21H2,1-3H3/b23-20-. The summed E-state index contributed by atoms with van der Waals surface area (Å²) < 4.78 is 5.14. The number of nitrogens with zero attached hydrogens (tertiary/aromatic N) is 5. The van der Waals surface area contributed by atoms with E-state index >= 15 is 0 Å². The SMILES string of the molecule is COc1ccc(/C(=N/CONN2CCN(C)CC2)N(N)c2ccc(C)cc2)cn1. The molecule has 0 atom stereocenters. The van der Waals surface area contributed by atoms with E-state index in [2.05, 4.69) is 27.5 Å². The van der Waals surface area contributed by atoms with Crippen molar-refractivity contribution in [1.29, 1.82) is 0 Å². The molecule has 0 spiro atoms. The summed E-state index contributed by atoms with van der Waals surface area (Å²) in [6, 6.07) is 11.6. The predicted octanol–water partition coefficient (Wildman–Crippen LogP) is 1.17. The molecule has 1 fully saturated rings. The highest BCUT2D eigenvalue weighted by Gasteiger charge is 2.15. The van der Waals surface area contributed by atoms with Crippen molar-refractivity contribution in [2.45, 2.75) is 6.92 Å². The van der Waals surface area contributed by atoms with Gasteiger partial charge in [-0.2, -0.15) is 0 Å². The molecule has 29 heavy (non-hydrogen) atoms. The predicted molar refractivity (Wildman–Crippen MR) is 113 cm³/mol. The minimum absolute atomic E-state index is 0.104. The van der Waals surface area contributed by atoms with Gasteiger partial charge >= 0.3 is 0 Å². The minimum Gasteiger partial charge on any atom is -0.481 e. The number of piperazine rings is 1. The Morgan fingerprint density at radius 3 is 2.52 bits per heavy atom. The van der Waals surface area contributed by atoms with Gasteiger partial charge in [-0.3, -0.25) is 9.85 Å². The third-order valence-electron chi connectivity index (χ3n) is 4.72. The van der Waals surface area contributed by atoms with Gasteiger partial charge in [-0.15, -0.1) is 5.59 Å². The quantitative estimate of drug-likeness (QED) is 0.236. The molecule has 0 aliphatic carbocycles. The first-order valence-corrected chi connectivity index (χ1v) is 9.54. The zero-order valence-electron chi connectivity index (χ0n) is 17.2. The van der Waals surface area contributed by atoms with Crippen LogP contribution in [0, 0.1) is 6.92 Å². The van der Waals surface area contributed by atoms with Crippen LogP contribution in [0.2, 0.25) is 0 Å². The smallest absolute Gasteiger partial charge is 0.212 e. The number of anilines is 1. The van der Waals surface area contributed by atoms with E-state index in [1.54, 1.807) is 19.4 Å². The Hall–Kier alpha value is -2.56. The number of aliphatic imine (C=N–C) groups is 1. The average Bonchev–Trinajstić information content (AvgIpc) is 2.75. The van der Waals surface area contributed by atoms with Gasteiger partial charge in [0.1, 0.15) is 0 Å². The summed E-state index contributed by atoms with van der Waals surface area (Å²) in [5.74, 6) is 7.46. The third-order valence-corrected chi connectivity index (χ3v) is 4.72. The number of benzene rings is 1. The average molecular weight is 399 g/mol. The Balaban J connectivity index is 1.70. The van der Waals surface area contributed by atoms with E-state index in [4.69, 9.17) is 15.4 Å². The second-order valence-electron chi connectivity index (χ2n) is 6.93. The summed E-state index contributed by atoms with van der Waals surface area (Å²) in [7, 11) is 3.69. The van der Waals surface area contributed by atoms with Crippen molar-refractivity contribution in [3.63, 3.8) is 0 Å². The van der Waals surface area contributed by atoms with Gasteiger partial charge in [0, 0.05) is 44.0 Å². The Morgan fingerprint density at radius 1 is 1.17 bits per heavy atom. The van der Waals surface area contributed by atoms with Gasteiger partial charge in [0.25, 0.3) is 0 Å². The molecule has 156 valence electrons. The molecule has 1 aromatic carbocycles. The number of methoxy groups -OCH3 is 1. The first-order valence-electron chi connectivity index (χ1n) is 9.54. The first kappa shape index (κ1) is 21.2. The maximum atomic E-state index is 6.38. The van der Waals surface area contributed by atoms with Crippen LogP contribution in [-0.2, 0) is 4.84 Å². The summed E-state index contributed by atoms with van der Waals surface area (Å²) in [6.45, 7) is 5.90. The van der Waals surface area contributed by atoms with Crippen LogP contribution in [0.3, 0.4) is 0 Å². The third kappa shape index (κ3) is 5.96. The van der Waals surface area contributed by atoms with Crippen molar-refractivity contribution < 1.29 is 9.57 Å². The molecule has 9 nitrogen and oxygen atoms in total. The van der Waals surface area contributed by atoms with E-state index < -0.39 is 0 Å². The van der Waals surface area contributed by atoms with Crippen molar-refractivity contribution in [3.8, 4) is 5.88 Å². The topological polar surface area (TPSA) is 91.5 Å². The summed E-state index contributed by atoms with van der Waals surface area (Å²) in [5, 5.41) is 3.56. The number of nitrogens with one attached hydrogen (secondary N) is 1. The van der Waals surface area contributed by atoms with Gasteiger partial charge in [0.15, 0.2) is 12.6 Å². The lowest BCUT2D eigenvalue weighted by atomic mass is 10.2. The van der Waals surface area contributed by atoms with Crippen molar-refractivity contribution in [1.82, 2.24) is 20.5 Å². The number of hydrazine groups is 2. The number of ether oxygens (including phenoxy) is 1. The number of hydrogen-bond donors (Lipinski definition) is 2. The van der Waals surface area contributed by atoms with Gasteiger partial charge in [-0.25, -0.2) is 20.8 Å². The lowest BCUT2D eigenvalue weighted by Gasteiger charge is -2.31. The molecule has 9 heteroatoms. The molecule has 0 saturated carbocycles. The minimum atomic E-state index is 0.104. The maximum Gasteiger partial charge on any atom is 0.212 e. The van der Waals surface area contributed by atoms with Crippen molar-refractivity contribution in [3.05, 3.63) is 53.7 Å². The molecular formula is C20H29N7O2. The molecule has 0 amide bonds. The Bertz CT molecular complexity index is 787. The molecule has 0 bridgehead atoms. The Morgan fingerprint density at radius 2 is 1.90 bits per heavy atom. The second kappa shape index (κ2) is 10.3. The van der Waals surface area contributed by atoms with Crippen LogP contribution < -0.4 is 21.2 Å². The molecule has 1 aromatic heterocycles.